The van der Waals surface area contributed by atoms with E-state index in [4.69, 9.17) is 19.4 Å². The summed E-state index contributed by atoms with van der Waals surface area (Å²) in [5.41, 5.74) is 3.10. The number of aromatic nitrogens is 3. The Hall–Kier alpha value is -3.57. The van der Waals surface area contributed by atoms with E-state index in [1.165, 1.54) is 22.7 Å². The lowest BCUT2D eigenvalue weighted by Gasteiger charge is -2.37. The molecule has 4 fully saturated rings. The van der Waals surface area contributed by atoms with E-state index in [0.29, 0.717) is 68.9 Å². The number of aliphatic hydroxyl groups excluding tert-OH is 1. The van der Waals surface area contributed by atoms with Crippen molar-refractivity contribution < 1.29 is 24.2 Å². The van der Waals surface area contributed by atoms with Crippen LogP contribution < -0.4 is 9.64 Å². The SMILES string of the molecule is COc1ccc(C2CCC(CN(C(=O)C3CCC(OC(=O)N4CC(O)C4)CC3)c3cc(-c4cnc(C5CC5)s4)ccn3)CC2)nc1C. The molecule has 7 rings (SSSR count). The summed E-state index contributed by atoms with van der Waals surface area (Å²) in [6.07, 6.45) is 12.0. The molecule has 0 atom stereocenters. The zero-order chi connectivity index (χ0) is 32.5. The minimum Gasteiger partial charge on any atom is -0.495 e. The van der Waals surface area contributed by atoms with Crippen molar-refractivity contribution >= 4 is 29.2 Å². The molecular formula is C36H45N5O5S. The Morgan fingerprint density at radius 2 is 1.72 bits per heavy atom. The Labute approximate surface area is 280 Å². The van der Waals surface area contributed by atoms with Crippen molar-refractivity contribution in [2.75, 3.05) is 31.6 Å². The number of carbonyl (C=O) groups excluding carboxylic acids is 2. The summed E-state index contributed by atoms with van der Waals surface area (Å²) in [6.45, 7) is 3.29. The van der Waals surface area contributed by atoms with Crippen LogP contribution in [0.2, 0.25) is 0 Å². The number of amides is 2. The predicted molar refractivity (Wildman–Crippen MR) is 180 cm³/mol. The average molecular weight is 660 g/mol. The van der Waals surface area contributed by atoms with Gasteiger partial charge < -0.3 is 19.5 Å². The van der Waals surface area contributed by atoms with Crippen LogP contribution >= 0.6 is 11.3 Å². The van der Waals surface area contributed by atoms with Gasteiger partial charge in [-0.15, -0.1) is 11.3 Å². The summed E-state index contributed by atoms with van der Waals surface area (Å²) in [4.78, 5) is 45.6. The molecule has 3 aromatic heterocycles. The number of thiazole rings is 1. The normalized spacial score (nSPS) is 24.8. The zero-order valence-electron chi connectivity index (χ0n) is 27.3. The highest BCUT2D eigenvalue weighted by Gasteiger charge is 2.36. The number of likely N-dealkylation sites (tertiary alicyclic amines) is 1. The first kappa shape index (κ1) is 32.0. The second-order valence-electron chi connectivity index (χ2n) is 13.8. The maximum atomic E-state index is 14.3. The largest absolute Gasteiger partial charge is 0.495 e. The van der Waals surface area contributed by atoms with Crippen molar-refractivity contribution in [2.24, 2.45) is 11.8 Å². The van der Waals surface area contributed by atoms with E-state index in [-0.39, 0.29) is 24.0 Å². The fraction of sp³-hybridized carbons (Fsp3) is 0.583. The first-order valence-electron chi connectivity index (χ1n) is 17.2. The van der Waals surface area contributed by atoms with Crippen molar-refractivity contribution in [3.63, 3.8) is 0 Å². The molecule has 1 aliphatic heterocycles. The first-order chi connectivity index (χ1) is 22.8. The number of aryl methyl sites for hydroxylation is 1. The van der Waals surface area contributed by atoms with Gasteiger partial charge in [0, 0.05) is 42.4 Å². The number of rotatable bonds is 9. The molecule has 2 amide bonds. The van der Waals surface area contributed by atoms with Gasteiger partial charge in [0.15, 0.2) is 0 Å². The number of carbonyl (C=O) groups is 2. The maximum absolute atomic E-state index is 14.3. The van der Waals surface area contributed by atoms with Crippen molar-refractivity contribution in [1.29, 1.82) is 0 Å². The maximum Gasteiger partial charge on any atom is 0.410 e. The molecule has 0 bridgehead atoms. The number of anilines is 1. The third-order valence-electron chi connectivity index (χ3n) is 10.4. The molecule has 4 heterocycles. The lowest BCUT2D eigenvalue weighted by atomic mass is 9.79. The highest BCUT2D eigenvalue weighted by atomic mass is 32.1. The fourth-order valence-corrected chi connectivity index (χ4v) is 8.42. The number of ether oxygens (including phenoxy) is 2. The van der Waals surface area contributed by atoms with E-state index in [1.807, 2.05) is 36.4 Å². The first-order valence-corrected chi connectivity index (χ1v) is 18.0. The third-order valence-corrected chi connectivity index (χ3v) is 11.6. The van der Waals surface area contributed by atoms with E-state index in [1.54, 1.807) is 18.4 Å². The molecule has 0 spiro atoms. The van der Waals surface area contributed by atoms with Crippen LogP contribution in [0.5, 0.6) is 5.75 Å². The number of methoxy groups -OCH3 is 1. The second kappa shape index (κ2) is 13.9. The molecule has 0 aromatic carbocycles. The second-order valence-corrected chi connectivity index (χ2v) is 14.9. The van der Waals surface area contributed by atoms with Gasteiger partial charge in [0.25, 0.3) is 0 Å². The summed E-state index contributed by atoms with van der Waals surface area (Å²) < 4.78 is 11.1. The molecule has 250 valence electrons. The quantitative estimate of drug-likeness (QED) is 0.278. The van der Waals surface area contributed by atoms with Crippen LogP contribution in [0.4, 0.5) is 10.6 Å². The molecule has 1 N–H and O–H groups in total. The highest BCUT2D eigenvalue weighted by Crippen LogP contribution is 2.44. The van der Waals surface area contributed by atoms with Crippen LogP contribution in [0, 0.1) is 18.8 Å². The Morgan fingerprint density at radius 3 is 2.40 bits per heavy atom. The molecule has 47 heavy (non-hydrogen) atoms. The molecule has 3 aromatic rings. The average Bonchev–Trinajstić information content (AvgIpc) is 3.81. The molecule has 3 aliphatic carbocycles. The number of β-amino-alcohol motifs (C(OH)–C–C–N with tert-alkyl or cyclic N) is 1. The third kappa shape index (κ3) is 7.31. The van der Waals surface area contributed by atoms with Gasteiger partial charge in [-0.25, -0.2) is 14.8 Å². The van der Waals surface area contributed by atoms with E-state index < -0.39 is 6.10 Å². The van der Waals surface area contributed by atoms with Gasteiger partial charge in [0.05, 0.1) is 41.9 Å². The van der Waals surface area contributed by atoms with Gasteiger partial charge >= 0.3 is 6.09 Å². The lowest BCUT2D eigenvalue weighted by molar-refractivity contribution is -0.124. The number of hydrogen-bond donors (Lipinski definition) is 1. The molecule has 0 radical (unpaired) electrons. The monoisotopic (exact) mass is 659 g/mol. The van der Waals surface area contributed by atoms with E-state index in [0.717, 1.165) is 53.3 Å². The molecule has 4 aliphatic rings. The topological polar surface area (TPSA) is 118 Å². The van der Waals surface area contributed by atoms with Gasteiger partial charge in [-0.3, -0.25) is 14.7 Å². The molecule has 1 saturated heterocycles. The minimum atomic E-state index is -0.455. The van der Waals surface area contributed by atoms with Crippen molar-refractivity contribution in [3.05, 3.63) is 53.1 Å². The van der Waals surface area contributed by atoms with Gasteiger partial charge in [-0.05, 0) is 107 Å². The standard InChI is InChI=1S/C36H45N5O5S/c1-22-31(45-2)14-13-30(39-22)24-5-3-23(4-6-24)19-41(33-17-27(15-16-37-33)32-18-38-34(47-32)25-7-8-25)35(43)26-9-11-29(12-10-26)46-36(44)40-20-28(42)21-40/h13-18,23-26,28-29,42H,3-12,19-21H2,1-2H3. The predicted octanol–water partition coefficient (Wildman–Crippen LogP) is 6.47. The van der Waals surface area contributed by atoms with Crippen LogP contribution in [0.15, 0.2) is 36.7 Å². The van der Waals surface area contributed by atoms with Gasteiger partial charge in [0.2, 0.25) is 5.91 Å². The molecule has 0 unspecified atom stereocenters. The number of nitrogens with zero attached hydrogens (tertiary/aromatic N) is 5. The van der Waals surface area contributed by atoms with Crippen LogP contribution in [0.3, 0.4) is 0 Å². The Morgan fingerprint density at radius 1 is 0.979 bits per heavy atom. The smallest absolute Gasteiger partial charge is 0.410 e. The Bertz CT molecular complexity index is 1570. The van der Waals surface area contributed by atoms with E-state index in [2.05, 4.69) is 17.1 Å². The Kier molecular flexibility index (Phi) is 9.45. The summed E-state index contributed by atoms with van der Waals surface area (Å²) in [6, 6.07) is 8.19. The summed E-state index contributed by atoms with van der Waals surface area (Å²) >= 11 is 1.75. The lowest BCUT2D eigenvalue weighted by Crippen LogP contribution is -2.54. The van der Waals surface area contributed by atoms with Gasteiger partial charge in [-0.1, -0.05) is 0 Å². The van der Waals surface area contributed by atoms with Crippen molar-refractivity contribution in [2.45, 2.75) is 95.2 Å². The summed E-state index contributed by atoms with van der Waals surface area (Å²) in [5.74, 6) is 2.87. The molecule has 3 saturated carbocycles. The van der Waals surface area contributed by atoms with Gasteiger partial charge in [0.1, 0.15) is 17.7 Å². The summed E-state index contributed by atoms with van der Waals surface area (Å²) in [7, 11) is 1.68. The minimum absolute atomic E-state index is 0.114. The van der Waals surface area contributed by atoms with E-state index in [9.17, 15) is 14.7 Å². The highest BCUT2D eigenvalue weighted by molar-refractivity contribution is 7.15. The molecular weight excluding hydrogens is 614 g/mol. The number of hydrogen-bond acceptors (Lipinski definition) is 9. The molecule has 11 heteroatoms. The van der Waals surface area contributed by atoms with Crippen molar-refractivity contribution in [1.82, 2.24) is 19.9 Å². The number of aliphatic hydroxyl groups is 1. The number of pyridine rings is 2. The Balaban J connectivity index is 1.04. The summed E-state index contributed by atoms with van der Waals surface area (Å²) in [5, 5.41) is 10.7. The zero-order valence-corrected chi connectivity index (χ0v) is 28.2. The van der Waals surface area contributed by atoms with Crippen LogP contribution in [-0.4, -0.2) is 75.9 Å². The fourth-order valence-electron chi connectivity index (χ4n) is 7.34. The van der Waals surface area contributed by atoms with Crippen LogP contribution in [0.25, 0.3) is 10.4 Å². The van der Waals surface area contributed by atoms with Crippen LogP contribution in [-0.2, 0) is 9.53 Å². The van der Waals surface area contributed by atoms with Crippen LogP contribution in [0.1, 0.15) is 92.4 Å². The van der Waals surface area contributed by atoms with E-state index >= 15 is 0 Å². The van der Waals surface area contributed by atoms with Crippen molar-refractivity contribution in [3.8, 4) is 16.2 Å². The van der Waals surface area contributed by atoms with Gasteiger partial charge in [-0.2, -0.15) is 0 Å². The molecule has 10 nitrogen and oxygen atoms in total.